The molecule has 288 valence electrons. The van der Waals surface area contributed by atoms with E-state index >= 15 is 4.79 Å². The minimum Gasteiger partial charge on any atom is -0.263 e. The Kier molecular flexibility index (Phi) is 7.52. The fraction of sp³-hybridized carbons (Fsp3) is 0.302. The summed E-state index contributed by atoms with van der Waals surface area (Å²) in [5.41, 5.74) is 24.5. The van der Waals surface area contributed by atoms with E-state index in [4.69, 9.17) is 0 Å². The van der Waals surface area contributed by atoms with Crippen LogP contribution in [0.25, 0.3) is 10.8 Å². The summed E-state index contributed by atoms with van der Waals surface area (Å²) in [6.45, 7) is -0.172. The number of hydrogen-bond acceptors (Lipinski definition) is 3. The van der Waals surface area contributed by atoms with E-state index < -0.39 is 0 Å². The molecule has 0 spiro atoms. The lowest BCUT2D eigenvalue weighted by Gasteiger charge is -2.47. The van der Waals surface area contributed by atoms with Crippen LogP contribution in [0.4, 0.5) is 27.5 Å². The fourth-order valence-corrected chi connectivity index (χ4v) is 13.2. The van der Waals surface area contributed by atoms with Crippen LogP contribution >= 0.6 is 0 Å². The Bertz CT molecular complexity index is 2780. The number of urea groups is 1. The summed E-state index contributed by atoms with van der Waals surface area (Å²) < 4.78 is 0. The van der Waals surface area contributed by atoms with Crippen LogP contribution in [-0.2, 0) is 51.4 Å². The molecule has 0 saturated heterocycles. The number of fused-ring (bicyclic) bond motifs is 8. The first-order valence-electron chi connectivity index (χ1n) is 22.8. The number of hydrogen-bond donors (Lipinski definition) is 0. The molecule has 0 bridgehead atoms. The number of amides is 2. The summed E-state index contributed by atoms with van der Waals surface area (Å²) >= 11 is 0. The zero-order chi connectivity index (χ0) is 39.8. The van der Waals surface area contributed by atoms with Crippen LogP contribution in [0.5, 0.6) is 0 Å². The van der Waals surface area contributed by atoms with Crippen LogP contribution in [0, 0.1) is 22.7 Å². The molecule has 7 aliphatic rings. The molecule has 3 heterocycles. The lowest BCUT2D eigenvalue weighted by atomic mass is 9.32. The number of aryl methyl sites for hydroxylation is 4. The van der Waals surface area contributed by atoms with Gasteiger partial charge in [0.15, 0.2) is 0 Å². The lowest BCUT2D eigenvalue weighted by molar-refractivity contribution is 0.255. The third-order valence-electron chi connectivity index (χ3n) is 15.7. The minimum atomic E-state index is -0.0910. The van der Waals surface area contributed by atoms with Gasteiger partial charge in [-0.1, -0.05) is 47.3 Å². The van der Waals surface area contributed by atoms with Gasteiger partial charge in [0, 0.05) is 16.8 Å². The minimum absolute atomic E-state index is 0.0860. The predicted molar refractivity (Wildman–Crippen MR) is 245 cm³/mol. The lowest BCUT2D eigenvalue weighted by Crippen LogP contribution is -2.65. The Hall–Kier alpha value is -6.04. The highest BCUT2D eigenvalue weighted by Gasteiger charge is 2.50. The number of carbonyl (C=O) groups is 1. The second-order valence-electron chi connectivity index (χ2n) is 18.7. The first-order valence-corrected chi connectivity index (χ1v) is 22.8. The molecule has 13 rings (SSSR count). The first-order chi connectivity index (χ1) is 29.6. The van der Waals surface area contributed by atoms with E-state index in [2.05, 4.69) is 60.7 Å². The van der Waals surface area contributed by atoms with E-state index in [0.717, 1.165) is 95.8 Å². The predicted octanol–water partition coefficient (Wildman–Crippen LogP) is 7.17. The van der Waals surface area contributed by atoms with E-state index in [1.165, 1.54) is 118 Å². The SMILES string of the molecule is N#Cc1ccc2c(c1)B(c1c3c(cc4c1CCCC4)CCCC3)c1ccc3ccc4c5c3c1N2C(=O)N5c1ccc(C#N)cc1B4c1c2c(cc3c1CCCC3)CCCC2. The van der Waals surface area contributed by atoms with Gasteiger partial charge in [0.25, 0.3) is 0 Å². The Morgan fingerprint density at radius 1 is 0.450 bits per heavy atom. The molecule has 0 atom stereocenters. The molecule has 6 aromatic rings. The molecule has 0 N–H and O–H groups in total. The topological polar surface area (TPSA) is 71.1 Å². The largest absolute Gasteiger partial charge is 0.338 e. The number of rotatable bonds is 2. The van der Waals surface area contributed by atoms with Crippen molar-refractivity contribution in [3.05, 3.63) is 128 Å². The average molecular weight is 775 g/mol. The van der Waals surface area contributed by atoms with Crippen molar-refractivity contribution >= 4 is 85.8 Å². The maximum Gasteiger partial charge on any atom is 0.338 e. The summed E-state index contributed by atoms with van der Waals surface area (Å²) in [7, 11) is 0. The summed E-state index contributed by atoms with van der Waals surface area (Å²) in [6, 6.07) is 31.3. The van der Waals surface area contributed by atoms with Gasteiger partial charge in [0.1, 0.15) is 0 Å². The molecule has 0 aromatic heterocycles. The average Bonchev–Trinajstić information content (AvgIpc) is 3.30. The van der Waals surface area contributed by atoms with Crippen molar-refractivity contribution in [2.45, 2.75) is 103 Å². The second-order valence-corrected chi connectivity index (χ2v) is 18.7. The molecule has 0 saturated carbocycles. The summed E-state index contributed by atoms with van der Waals surface area (Å²) in [4.78, 5) is 19.9. The van der Waals surface area contributed by atoms with Gasteiger partial charge in [0.2, 0.25) is 13.4 Å². The monoisotopic (exact) mass is 774 g/mol. The van der Waals surface area contributed by atoms with Gasteiger partial charge in [-0.3, -0.25) is 9.80 Å². The molecular formula is C53H44B2N4O. The van der Waals surface area contributed by atoms with Crippen molar-refractivity contribution in [1.29, 1.82) is 10.5 Å². The van der Waals surface area contributed by atoms with E-state index in [0.29, 0.717) is 11.1 Å². The third kappa shape index (κ3) is 4.67. The van der Waals surface area contributed by atoms with Crippen LogP contribution in [0.1, 0.15) is 107 Å². The van der Waals surface area contributed by atoms with Gasteiger partial charge in [-0.15, -0.1) is 0 Å². The van der Waals surface area contributed by atoms with Crippen LogP contribution in [0.3, 0.4) is 0 Å². The van der Waals surface area contributed by atoms with E-state index in [9.17, 15) is 10.5 Å². The fourth-order valence-electron chi connectivity index (χ4n) is 13.2. The summed E-state index contributed by atoms with van der Waals surface area (Å²) in [5, 5.41) is 23.0. The maximum atomic E-state index is 15.9. The smallest absolute Gasteiger partial charge is 0.263 e. The molecule has 4 aliphatic carbocycles. The molecule has 60 heavy (non-hydrogen) atoms. The molecule has 0 unspecified atom stereocenters. The number of nitrogens with zero attached hydrogens (tertiary/aromatic N) is 4. The van der Waals surface area contributed by atoms with Crippen molar-refractivity contribution in [2.75, 3.05) is 9.80 Å². The highest BCUT2D eigenvalue weighted by Crippen LogP contribution is 2.48. The maximum absolute atomic E-state index is 15.9. The first kappa shape index (κ1) is 34.8. The van der Waals surface area contributed by atoms with Crippen LogP contribution < -0.4 is 42.6 Å². The Morgan fingerprint density at radius 3 is 1.22 bits per heavy atom. The van der Waals surface area contributed by atoms with Crippen molar-refractivity contribution in [3.63, 3.8) is 0 Å². The highest BCUT2D eigenvalue weighted by atomic mass is 16.2. The molecule has 6 aromatic carbocycles. The van der Waals surface area contributed by atoms with Crippen molar-refractivity contribution in [3.8, 4) is 12.1 Å². The molecule has 0 fully saturated rings. The number of carbonyl (C=O) groups excluding carboxylic acids is 1. The van der Waals surface area contributed by atoms with Gasteiger partial charge < -0.3 is 0 Å². The molecule has 7 heteroatoms. The normalized spacial score (nSPS) is 17.8. The summed E-state index contributed by atoms with van der Waals surface area (Å²) in [6.07, 6.45) is 18.4. The standard InChI is InChI=1S/C53H44B2N4O/c56-29-31-17-23-46-44(25-31)54(49-38-13-5-1-9-34(38)27-35-10-2-6-14-39(35)49)42-21-19-33-20-22-43-52-48(33)51(42)58(46)53(60)59(52)47-24-18-32(30-57)26-45(47)55(43)50-40-15-7-3-11-36(40)28-37-12-4-8-16-41(37)50/h17-28H,1-16H2. The molecular weight excluding hydrogens is 730 g/mol. The number of benzene rings is 6. The van der Waals surface area contributed by atoms with Crippen LogP contribution in [0.2, 0.25) is 0 Å². The van der Waals surface area contributed by atoms with Crippen LogP contribution in [-0.4, -0.2) is 19.5 Å². The van der Waals surface area contributed by atoms with E-state index in [1.54, 1.807) is 0 Å². The Balaban J connectivity index is 1.15. The van der Waals surface area contributed by atoms with E-state index in [-0.39, 0.29) is 19.5 Å². The van der Waals surface area contributed by atoms with Crippen molar-refractivity contribution in [2.24, 2.45) is 0 Å². The van der Waals surface area contributed by atoms with Gasteiger partial charge in [-0.25, -0.2) is 4.79 Å². The second kappa shape index (κ2) is 13.0. The van der Waals surface area contributed by atoms with Crippen LogP contribution in [0.15, 0.2) is 72.8 Å². The van der Waals surface area contributed by atoms with Gasteiger partial charge in [-0.2, -0.15) is 10.5 Å². The van der Waals surface area contributed by atoms with Gasteiger partial charge >= 0.3 is 6.03 Å². The third-order valence-corrected chi connectivity index (χ3v) is 15.7. The van der Waals surface area contributed by atoms with Gasteiger partial charge in [-0.05, 0) is 211 Å². The van der Waals surface area contributed by atoms with Crippen molar-refractivity contribution in [1.82, 2.24) is 0 Å². The number of anilines is 4. The Labute approximate surface area is 352 Å². The molecule has 3 aliphatic heterocycles. The molecule has 0 radical (unpaired) electrons. The number of nitriles is 2. The molecule has 2 amide bonds. The molecule has 5 nitrogen and oxygen atoms in total. The highest BCUT2D eigenvalue weighted by molar-refractivity contribution is 7.00. The summed E-state index contributed by atoms with van der Waals surface area (Å²) in [5.74, 6) is 0. The van der Waals surface area contributed by atoms with Crippen molar-refractivity contribution < 1.29 is 4.79 Å². The van der Waals surface area contributed by atoms with E-state index in [1.807, 2.05) is 34.1 Å². The Morgan fingerprint density at radius 2 is 0.833 bits per heavy atom. The zero-order valence-electron chi connectivity index (χ0n) is 34.1. The zero-order valence-corrected chi connectivity index (χ0v) is 34.1. The van der Waals surface area contributed by atoms with Gasteiger partial charge in [0.05, 0.1) is 34.6 Å². The quantitative estimate of drug-likeness (QED) is 0.175.